The molecule has 0 aliphatic heterocycles. The lowest BCUT2D eigenvalue weighted by Gasteiger charge is -2.13. The van der Waals surface area contributed by atoms with Crippen LogP contribution in [-0.4, -0.2) is 17.6 Å². The predicted octanol–water partition coefficient (Wildman–Crippen LogP) is 3.80. The minimum atomic E-state index is -4.91. The van der Waals surface area contributed by atoms with Crippen LogP contribution in [0.15, 0.2) is 6.07 Å². The maximum absolute atomic E-state index is 12.8. The Morgan fingerprint density at radius 2 is 2.05 bits per heavy atom. The standard InChI is InChI=1S/C11H9ClF5NO2/c1-2-20-8(19)4-5-6(10(13)14)3-7(11(15,16)17)18-9(5)12/h3,10H,2,4H2,1H3. The van der Waals surface area contributed by atoms with Gasteiger partial charge in [-0.15, -0.1) is 0 Å². The van der Waals surface area contributed by atoms with E-state index in [-0.39, 0.29) is 12.7 Å². The Balaban J connectivity index is 3.27. The van der Waals surface area contributed by atoms with Crippen LogP contribution in [0.2, 0.25) is 5.15 Å². The molecule has 3 nitrogen and oxygen atoms in total. The molecule has 1 aromatic heterocycles. The number of carbonyl (C=O) groups is 1. The Labute approximate surface area is 115 Å². The van der Waals surface area contributed by atoms with Crippen molar-refractivity contribution in [1.82, 2.24) is 4.98 Å². The van der Waals surface area contributed by atoms with Crippen LogP contribution < -0.4 is 0 Å². The number of ether oxygens (including phenoxy) is 1. The van der Waals surface area contributed by atoms with Crippen molar-refractivity contribution < 1.29 is 31.5 Å². The van der Waals surface area contributed by atoms with Gasteiger partial charge < -0.3 is 4.74 Å². The molecule has 1 heterocycles. The highest BCUT2D eigenvalue weighted by atomic mass is 35.5. The van der Waals surface area contributed by atoms with Crippen molar-refractivity contribution in [3.05, 3.63) is 28.0 Å². The Morgan fingerprint density at radius 3 is 2.50 bits per heavy atom. The third-order valence-electron chi connectivity index (χ3n) is 2.26. The summed E-state index contributed by atoms with van der Waals surface area (Å²) in [6, 6.07) is 0.186. The van der Waals surface area contributed by atoms with E-state index in [4.69, 9.17) is 11.6 Å². The monoisotopic (exact) mass is 317 g/mol. The number of alkyl halides is 5. The number of pyridine rings is 1. The number of carbonyl (C=O) groups excluding carboxylic acids is 1. The number of aromatic nitrogens is 1. The number of hydrogen-bond acceptors (Lipinski definition) is 3. The summed E-state index contributed by atoms with van der Waals surface area (Å²) in [4.78, 5) is 14.2. The first-order valence-electron chi connectivity index (χ1n) is 5.37. The van der Waals surface area contributed by atoms with Gasteiger partial charge in [-0.3, -0.25) is 4.79 Å². The van der Waals surface area contributed by atoms with Crippen LogP contribution in [0, 0.1) is 0 Å². The third-order valence-corrected chi connectivity index (χ3v) is 2.57. The van der Waals surface area contributed by atoms with Crippen molar-refractivity contribution in [2.45, 2.75) is 25.9 Å². The van der Waals surface area contributed by atoms with Gasteiger partial charge in [-0.05, 0) is 13.0 Å². The zero-order valence-electron chi connectivity index (χ0n) is 10.1. The number of halogens is 6. The Hall–Kier alpha value is -1.44. The maximum atomic E-state index is 12.8. The molecule has 0 atom stereocenters. The van der Waals surface area contributed by atoms with Crippen LogP contribution in [0.1, 0.15) is 30.2 Å². The molecular formula is C11H9ClF5NO2. The van der Waals surface area contributed by atoms with E-state index in [1.165, 1.54) is 6.92 Å². The molecule has 0 N–H and O–H groups in total. The lowest BCUT2D eigenvalue weighted by molar-refractivity contribution is -0.142. The minimum absolute atomic E-state index is 0.00846. The van der Waals surface area contributed by atoms with E-state index in [0.717, 1.165) is 0 Å². The molecule has 0 saturated carbocycles. The molecule has 0 unspecified atom stereocenters. The fourth-order valence-corrected chi connectivity index (χ4v) is 1.70. The van der Waals surface area contributed by atoms with Crippen LogP contribution >= 0.6 is 11.6 Å². The van der Waals surface area contributed by atoms with Crippen molar-refractivity contribution in [2.24, 2.45) is 0 Å². The molecule has 9 heteroatoms. The highest BCUT2D eigenvalue weighted by Crippen LogP contribution is 2.35. The van der Waals surface area contributed by atoms with Gasteiger partial charge in [-0.2, -0.15) is 13.2 Å². The van der Waals surface area contributed by atoms with Crippen molar-refractivity contribution >= 4 is 17.6 Å². The summed E-state index contributed by atoms with van der Waals surface area (Å²) in [5.41, 5.74) is -2.98. The van der Waals surface area contributed by atoms with Gasteiger partial charge in [0.15, 0.2) is 0 Å². The van der Waals surface area contributed by atoms with Gasteiger partial charge in [0, 0.05) is 11.1 Å². The van der Waals surface area contributed by atoms with Gasteiger partial charge in [0.25, 0.3) is 6.43 Å². The van der Waals surface area contributed by atoms with Crippen LogP contribution in [-0.2, 0) is 22.1 Å². The van der Waals surface area contributed by atoms with Crippen LogP contribution in [0.3, 0.4) is 0 Å². The summed E-state index contributed by atoms with van der Waals surface area (Å²) in [6.07, 6.45) is -8.80. The lowest BCUT2D eigenvalue weighted by Crippen LogP contribution is -2.14. The molecule has 1 aromatic rings. The van der Waals surface area contributed by atoms with E-state index in [2.05, 4.69) is 9.72 Å². The van der Waals surface area contributed by atoms with E-state index in [0.29, 0.717) is 0 Å². The second-order valence-corrected chi connectivity index (χ2v) is 4.00. The van der Waals surface area contributed by atoms with Crippen LogP contribution in [0.4, 0.5) is 22.0 Å². The fraction of sp³-hybridized carbons (Fsp3) is 0.455. The van der Waals surface area contributed by atoms with Crippen molar-refractivity contribution in [3.63, 3.8) is 0 Å². The topological polar surface area (TPSA) is 39.2 Å². The smallest absolute Gasteiger partial charge is 0.433 e. The number of nitrogens with zero attached hydrogens (tertiary/aromatic N) is 1. The fourth-order valence-electron chi connectivity index (χ4n) is 1.43. The molecule has 0 aliphatic carbocycles. The molecule has 0 saturated heterocycles. The second-order valence-electron chi connectivity index (χ2n) is 3.65. The largest absolute Gasteiger partial charge is 0.466 e. The molecule has 0 aromatic carbocycles. The van der Waals surface area contributed by atoms with Gasteiger partial charge in [-0.25, -0.2) is 13.8 Å². The first-order valence-corrected chi connectivity index (χ1v) is 5.74. The molecule has 0 aliphatic rings. The highest BCUT2D eigenvalue weighted by molar-refractivity contribution is 6.30. The highest BCUT2D eigenvalue weighted by Gasteiger charge is 2.35. The average molecular weight is 318 g/mol. The Bertz CT molecular complexity index is 504. The molecule has 112 valence electrons. The molecule has 20 heavy (non-hydrogen) atoms. The van der Waals surface area contributed by atoms with Gasteiger partial charge in [0.1, 0.15) is 10.8 Å². The maximum Gasteiger partial charge on any atom is 0.433 e. The average Bonchev–Trinajstić information content (AvgIpc) is 2.30. The summed E-state index contributed by atoms with van der Waals surface area (Å²) in [5.74, 6) is -0.877. The van der Waals surface area contributed by atoms with Crippen molar-refractivity contribution in [3.8, 4) is 0 Å². The molecule has 0 radical (unpaired) electrons. The SMILES string of the molecule is CCOC(=O)Cc1c(C(F)F)cc(C(F)(F)F)nc1Cl. The molecule has 0 amide bonds. The summed E-state index contributed by atoms with van der Waals surface area (Å²) in [7, 11) is 0. The summed E-state index contributed by atoms with van der Waals surface area (Å²) in [6.45, 7) is 1.51. The summed E-state index contributed by atoms with van der Waals surface area (Å²) < 4.78 is 67.6. The normalized spacial score (nSPS) is 11.8. The molecule has 1 rings (SSSR count). The molecule has 0 bridgehead atoms. The molecular weight excluding hydrogens is 309 g/mol. The van der Waals surface area contributed by atoms with Crippen LogP contribution in [0.5, 0.6) is 0 Å². The van der Waals surface area contributed by atoms with Crippen molar-refractivity contribution in [1.29, 1.82) is 0 Å². The lowest BCUT2D eigenvalue weighted by atomic mass is 10.1. The van der Waals surface area contributed by atoms with E-state index in [1.807, 2.05) is 0 Å². The van der Waals surface area contributed by atoms with Gasteiger partial charge in [0.2, 0.25) is 0 Å². The molecule has 0 spiro atoms. The van der Waals surface area contributed by atoms with E-state index in [1.54, 1.807) is 0 Å². The van der Waals surface area contributed by atoms with Crippen molar-refractivity contribution in [2.75, 3.05) is 6.61 Å². The van der Waals surface area contributed by atoms with Gasteiger partial charge >= 0.3 is 12.1 Å². The number of esters is 1. The zero-order chi connectivity index (χ0) is 15.5. The van der Waals surface area contributed by atoms with E-state index >= 15 is 0 Å². The first kappa shape index (κ1) is 16.6. The van der Waals surface area contributed by atoms with E-state index < -0.39 is 47.0 Å². The summed E-state index contributed by atoms with van der Waals surface area (Å²) >= 11 is 5.48. The van der Waals surface area contributed by atoms with Crippen LogP contribution in [0.25, 0.3) is 0 Å². The van der Waals surface area contributed by atoms with E-state index in [9.17, 15) is 26.7 Å². The quantitative estimate of drug-likeness (QED) is 0.482. The Kier molecular flexibility index (Phi) is 5.27. The minimum Gasteiger partial charge on any atom is -0.466 e. The molecule has 0 fully saturated rings. The Morgan fingerprint density at radius 1 is 1.45 bits per heavy atom. The zero-order valence-corrected chi connectivity index (χ0v) is 10.9. The summed E-state index contributed by atoms with van der Waals surface area (Å²) in [5, 5.41) is -0.789. The first-order chi connectivity index (χ1) is 9.16. The number of hydrogen-bond donors (Lipinski definition) is 0. The van der Waals surface area contributed by atoms with Gasteiger partial charge in [-0.1, -0.05) is 11.6 Å². The number of rotatable bonds is 4. The second kappa shape index (κ2) is 6.34. The van der Waals surface area contributed by atoms with Gasteiger partial charge in [0.05, 0.1) is 13.0 Å². The third kappa shape index (κ3) is 4.03. The predicted molar refractivity (Wildman–Crippen MR) is 59.5 cm³/mol.